The van der Waals surface area contributed by atoms with Crippen molar-refractivity contribution in [3.05, 3.63) is 53.7 Å². The molecule has 1 heterocycles. The van der Waals surface area contributed by atoms with Crippen LogP contribution in [0.25, 0.3) is 11.3 Å². The summed E-state index contributed by atoms with van der Waals surface area (Å²) in [6.07, 6.45) is -2.62. The monoisotopic (exact) mass is 505 g/mol. The Morgan fingerprint density at radius 3 is 2.17 bits per heavy atom. The maximum atomic E-state index is 14.1. The van der Waals surface area contributed by atoms with Crippen LogP contribution < -0.4 is 11.5 Å². The van der Waals surface area contributed by atoms with Crippen molar-refractivity contribution in [1.29, 1.82) is 5.26 Å². The van der Waals surface area contributed by atoms with E-state index >= 15 is 0 Å². The lowest BCUT2D eigenvalue weighted by molar-refractivity contribution is -0.191. The predicted molar refractivity (Wildman–Crippen MR) is 124 cm³/mol. The minimum atomic E-state index is -4.92. The molecule has 0 spiro atoms. The molecule has 0 radical (unpaired) electrons. The van der Waals surface area contributed by atoms with E-state index in [0.717, 1.165) is 13.8 Å². The van der Waals surface area contributed by atoms with E-state index in [1.807, 2.05) is 0 Å². The average molecular weight is 506 g/mol. The Kier molecular flexibility index (Phi) is 7.41. The molecule has 1 saturated carbocycles. The number of halogens is 4. The van der Waals surface area contributed by atoms with Crippen LogP contribution >= 0.6 is 0 Å². The summed E-state index contributed by atoms with van der Waals surface area (Å²) in [5.74, 6) is -1.60. The van der Waals surface area contributed by atoms with Crippen molar-refractivity contribution in [3.8, 4) is 17.3 Å². The highest BCUT2D eigenvalue weighted by atomic mass is 19.4. The molecule has 0 saturated heterocycles. The summed E-state index contributed by atoms with van der Waals surface area (Å²) in [6.45, 7) is 1.44. The zero-order chi connectivity index (χ0) is 26.9. The van der Waals surface area contributed by atoms with Crippen molar-refractivity contribution in [2.45, 2.75) is 62.5 Å². The number of carbonyl (C=O) groups excluding carboxylic acids is 2. The fraction of sp³-hybridized carbons (Fsp3) is 0.440. The lowest BCUT2D eigenvalue weighted by Gasteiger charge is -2.34. The largest absolute Gasteiger partial charge is 0.413 e. The molecule has 0 unspecified atom stereocenters. The van der Waals surface area contributed by atoms with Gasteiger partial charge in [0.25, 0.3) is 0 Å². The first-order valence-electron chi connectivity index (χ1n) is 11.2. The van der Waals surface area contributed by atoms with Crippen LogP contribution in [0.3, 0.4) is 0 Å². The van der Waals surface area contributed by atoms with Gasteiger partial charge in [0.05, 0.1) is 23.2 Å². The van der Waals surface area contributed by atoms with Crippen LogP contribution in [0.1, 0.15) is 50.3 Å². The highest BCUT2D eigenvalue weighted by molar-refractivity contribution is 5.89. The maximum Gasteiger partial charge on any atom is 0.413 e. The summed E-state index contributed by atoms with van der Waals surface area (Å²) in [6, 6.07) is 6.14. The summed E-state index contributed by atoms with van der Waals surface area (Å²) in [7, 11) is 0. The molecule has 36 heavy (non-hydrogen) atoms. The predicted octanol–water partition coefficient (Wildman–Crippen LogP) is 3.69. The first kappa shape index (κ1) is 27.1. The minimum absolute atomic E-state index is 0.288. The van der Waals surface area contributed by atoms with E-state index < -0.39 is 54.1 Å². The molecule has 7 nitrogen and oxygen atoms in total. The number of benzene rings is 1. The van der Waals surface area contributed by atoms with Gasteiger partial charge in [-0.3, -0.25) is 14.6 Å². The van der Waals surface area contributed by atoms with Gasteiger partial charge in [0.2, 0.25) is 11.8 Å². The van der Waals surface area contributed by atoms with Crippen LogP contribution in [-0.4, -0.2) is 46.1 Å². The average Bonchev–Trinajstić information content (AvgIpc) is 3.59. The van der Waals surface area contributed by atoms with E-state index in [9.17, 15) is 27.2 Å². The standard InChI is InChI=1S/C25H27F4N5O2/c1-23(2,26)13-18(31)21(35)34(12-11-30)20(25(27,28)29)16-5-3-15(4-6-16)19-8-7-17(14-33-19)24(9-10-24)22(32)36/h3-8,14,18,20H,9-10,12-13,31H2,1-2H3,(H2,32,36)/t18-,20-/m0/s1. The Bertz CT molecular complexity index is 1150. The van der Waals surface area contributed by atoms with Gasteiger partial charge in [0.15, 0.2) is 6.04 Å². The number of rotatable bonds is 9. The smallest absolute Gasteiger partial charge is 0.369 e. The van der Waals surface area contributed by atoms with Gasteiger partial charge < -0.3 is 16.4 Å². The first-order chi connectivity index (χ1) is 16.7. The van der Waals surface area contributed by atoms with Crippen LogP contribution in [0.4, 0.5) is 17.6 Å². The molecule has 1 fully saturated rings. The second-order valence-electron chi connectivity index (χ2n) is 9.60. The third kappa shape index (κ3) is 5.82. The second-order valence-corrected chi connectivity index (χ2v) is 9.60. The Morgan fingerprint density at radius 1 is 1.14 bits per heavy atom. The molecule has 1 aromatic carbocycles. The van der Waals surface area contributed by atoms with Gasteiger partial charge in [0.1, 0.15) is 12.2 Å². The normalized spacial score (nSPS) is 16.5. The highest BCUT2D eigenvalue weighted by Gasteiger charge is 2.50. The van der Waals surface area contributed by atoms with Crippen LogP contribution in [0.2, 0.25) is 0 Å². The fourth-order valence-corrected chi connectivity index (χ4v) is 4.23. The lowest BCUT2D eigenvalue weighted by atomic mass is 9.96. The molecule has 0 bridgehead atoms. The van der Waals surface area contributed by atoms with Crippen molar-refractivity contribution in [3.63, 3.8) is 0 Å². The van der Waals surface area contributed by atoms with Gasteiger partial charge in [0, 0.05) is 18.2 Å². The number of nitrogens with zero attached hydrogens (tertiary/aromatic N) is 3. The van der Waals surface area contributed by atoms with E-state index in [1.54, 1.807) is 18.2 Å². The molecule has 192 valence electrons. The number of hydrogen-bond donors (Lipinski definition) is 2. The maximum absolute atomic E-state index is 14.1. The van der Waals surface area contributed by atoms with Gasteiger partial charge in [-0.05, 0) is 43.9 Å². The molecular weight excluding hydrogens is 478 g/mol. The number of pyridine rings is 1. The zero-order valence-electron chi connectivity index (χ0n) is 19.8. The Balaban J connectivity index is 1.89. The van der Waals surface area contributed by atoms with Crippen molar-refractivity contribution in [1.82, 2.24) is 9.88 Å². The molecule has 2 amide bonds. The molecule has 11 heteroatoms. The molecule has 2 atom stereocenters. The van der Waals surface area contributed by atoms with Gasteiger partial charge in [-0.1, -0.05) is 30.3 Å². The van der Waals surface area contributed by atoms with E-state index in [-0.39, 0.29) is 5.56 Å². The fourth-order valence-electron chi connectivity index (χ4n) is 4.23. The summed E-state index contributed by atoms with van der Waals surface area (Å²) in [5.41, 5.74) is 9.97. The molecule has 4 N–H and O–H groups in total. The van der Waals surface area contributed by atoms with Gasteiger partial charge in [-0.15, -0.1) is 0 Å². The molecule has 0 aliphatic heterocycles. The van der Waals surface area contributed by atoms with Crippen LogP contribution in [-0.2, 0) is 15.0 Å². The number of alkyl halides is 4. The summed E-state index contributed by atoms with van der Waals surface area (Å²) in [5, 5.41) is 9.11. The number of nitrogens with two attached hydrogens (primary N) is 2. The first-order valence-corrected chi connectivity index (χ1v) is 11.2. The summed E-state index contributed by atoms with van der Waals surface area (Å²) >= 11 is 0. The Labute approximate surface area is 206 Å². The van der Waals surface area contributed by atoms with Gasteiger partial charge >= 0.3 is 6.18 Å². The second kappa shape index (κ2) is 9.85. The zero-order valence-corrected chi connectivity index (χ0v) is 19.8. The number of nitriles is 1. The highest BCUT2D eigenvalue weighted by Crippen LogP contribution is 2.48. The minimum Gasteiger partial charge on any atom is -0.369 e. The molecule has 1 aliphatic rings. The number of aromatic nitrogens is 1. The van der Waals surface area contributed by atoms with Crippen molar-refractivity contribution in [2.24, 2.45) is 11.5 Å². The summed E-state index contributed by atoms with van der Waals surface area (Å²) < 4.78 is 56.3. The van der Waals surface area contributed by atoms with Gasteiger partial charge in [-0.25, -0.2) is 4.39 Å². The Hall–Kier alpha value is -3.52. The number of hydrogen-bond acceptors (Lipinski definition) is 5. The van der Waals surface area contributed by atoms with E-state index in [0.29, 0.717) is 34.6 Å². The molecule has 1 aliphatic carbocycles. The molecule has 2 aromatic rings. The molecule has 1 aromatic heterocycles. The van der Waals surface area contributed by atoms with E-state index in [1.165, 1.54) is 30.5 Å². The van der Waals surface area contributed by atoms with Crippen molar-refractivity contribution in [2.75, 3.05) is 6.54 Å². The number of amides is 2. The van der Waals surface area contributed by atoms with Crippen molar-refractivity contribution < 1.29 is 27.2 Å². The van der Waals surface area contributed by atoms with Crippen molar-refractivity contribution >= 4 is 11.8 Å². The Morgan fingerprint density at radius 2 is 1.75 bits per heavy atom. The number of carbonyl (C=O) groups is 2. The lowest BCUT2D eigenvalue weighted by Crippen LogP contribution is -2.50. The molecule has 3 rings (SSSR count). The summed E-state index contributed by atoms with van der Waals surface area (Å²) in [4.78, 5) is 29.1. The van der Waals surface area contributed by atoms with Crippen LogP contribution in [0.15, 0.2) is 42.6 Å². The van der Waals surface area contributed by atoms with E-state index in [2.05, 4.69) is 4.98 Å². The quantitative estimate of drug-likeness (QED) is 0.397. The van der Waals surface area contributed by atoms with Crippen LogP contribution in [0, 0.1) is 11.3 Å². The van der Waals surface area contributed by atoms with Gasteiger partial charge in [-0.2, -0.15) is 18.4 Å². The van der Waals surface area contributed by atoms with Crippen LogP contribution in [0.5, 0.6) is 0 Å². The third-order valence-corrected chi connectivity index (χ3v) is 6.23. The molecular formula is C25H27F4N5O2. The third-order valence-electron chi connectivity index (χ3n) is 6.23. The van der Waals surface area contributed by atoms with E-state index in [4.69, 9.17) is 16.7 Å². The number of primary amides is 1. The topological polar surface area (TPSA) is 126 Å². The SMILES string of the molecule is CC(C)(F)C[C@H](N)C(=O)N(CC#N)[C@@H](c1ccc(-c2ccc(C3(C(N)=O)CC3)cn2)cc1)C(F)(F)F.